The standard InChI is InChI=1S/C16H13BrN4/c17-12-3-1-2-11(8-12)15-9-14(20-16(19)21-15)10-4-6-13(18)7-5-10/h1-9H,18H2,(H2,19,20,21). The first kappa shape index (κ1) is 13.6. The van der Waals surface area contributed by atoms with Crippen LogP contribution in [0.5, 0.6) is 0 Å². The predicted molar refractivity (Wildman–Crippen MR) is 89.4 cm³/mol. The molecular formula is C16H13BrN4. The van der Waals surface area contributed by atoms with Crippen molar-refractivity contribution in [2.24, 2.45) is 0 Å². The molecule has 0 bridgehead atoms. The van der Waals surface area contributed by atoms with Crippen LogP contribution in [0.2, 0.25) is 0 Å². The highest BCUT2D eigenvalue weighted by molar-refractivity contribution is 9.10. The third kappa shape index (κ3) is 3.03. The second kappa shape index (κ2) is 5.54. The molecule has 0 amide bonds. The summed E-state index contributed by atoms with van der Waals surface area (Å²) in [5, 5.41) is 0. The van der Waals surface area contributed by atoms with Gasteiger partial charge in [-0.1, -0.05) is 40.2 Å². The van der Waals surface area contributed by atoms with Crippen LogP contribution in [0, 0.1) is 0 Å². The van der Waals surface area contributed by atoms with Crippen molar-refractivity contribution in [2.75, 3.05) is 11.5 Å². The zero-order chi connectivity index (χ0) is 14.8. The zero-order valence-corrected chi connectivity index (χ0v) is 12.7. The van der Waals surface area contributed by atoms with E-state index in [-0.39, 0.29) is 5.95 Å². The lowest BCUT2D eigenvalue weighted by molar-refractivity contribution is 1.19. The van der Waals surface area contributed by atoms with Gasteiger partial charge in [0.25, 0.3) is 0 Å². The largest absolute Gasteiger partial charge is 0.399 e. The monoisotopic (exact) mass is 340 g/mol. The molecule has 3 rings (SSSR count). The molecule has 1 heterocycles. The van der Waals surface area contributed by atoms with Gasteiger partial charge in [0, 0.05) is 21.3 Å². The van der Waals surface area contributed by atoms with E-state index >= 15 is 0 Å². The van der Waals surface area contributed by atoms with E-state index in [0.29, 0.717) is 5.69 Å². The minimum atomic E-state index is 0.249. The van der Waals surface area contributed by atoms with Gasteiger partial charge >= 0.3 is 0 Å². The molecule has 4 nitrogen and oxygen atoms in total. The highest BCUT2D eigenvalue weighted by atomic mass is 79.9. The SMILES string of the molecule is Nc1ccc(-c2cc(-c3cccc(Br)c3)nc(N)n2)cc1. The summed E-state index contributed by atoms with van der Waals surface area (Å²) in [5.74, 6) is 0.249. The second-order valence-corrected chi connectivity index (χ2v) is 5.54. The Hall–Kier alpha value is -2.40. The Kier molecular flexibility index (Phi) is 3.58. The summed E-state index contributed by atoms with van der Waals surface area (Å²) in [6.45, 7) is 0. The van der Waals surface area contributed by atoms with Crippen LogP contribution in [0.25, 0.3) is 22.5 Å². The number of nitrogens with two attached hydrogens (primary N) is 2. The minimum absolute atomic E-state index is 0.249. The van der Waals surface area contributed by atoms with Crippen LogP contribution in [0.15, 0.2) is 59.1 Å². The van der Waals surface area contributed by atoms with Gasteiger partial charge in [-0.25, -0.2) is 9.97 Å². The third-order valence-corrected chi connectivity index (χ3v) is 3.56. The molecule has 0 unspecified atom stereocenters. The van der Waals surface area contributed by atoms with Gasteiger partial charge in [-0.05, 0) is 30.3 Å². The lowest BCUT2D eigenvalue weighted by Crippen LogP contribution is -1.98. The van der Waals surface area contributed by atoms with Crippen LogP contribution < -0.4 is 11.5 Å². The zero-order valence-electron chi connectivity index (χ0n) is 11.1. The maximum atomic E-state index is 5.84. The molecule has 2 aromatic carbocycles. The topological polar surface area (TPSA) is 77.8 Å². The number of halogens is 1. The van der Waals surface area contributed by atoms with E-state index in [2.05, 4.69) is 25.9 Å². The smallest absolute Gasteiger partial charge is 0.221 e. The summed E-state index contributed by atoms with van der Waals surface area (Å²) in [7, 11) is 0. The van der Waals surface area contributed by atoms with Gasteiger partial charge in [-0.3, -0.25) is 0 Å². The molecule has 21 heavy (non-hydrogen) atoms. The van der Waals surface area contributed by atoms with Crippen LogP contribution >= 0.6 is 15.9 Å². The molecule has 104 valence electrons. The summed E-state index contributed by atoms with van der Waals surface area (Å²) < 4.78 is 0.992. The number of nitrogen functional groups attached to an aromatic ring is 2. The van der Waals surface area contributed by atoms with Crippen LogP contribution in [0.4, 0.5) is 11.6 Å². The fourth-order valence-corrected chi connectivity index (χ4v) is 2.46. The highest BCUT2D eigenvalue weighted by Gasteiger charge is 2.07. The highest BCUT2D eigenvalue weighted by Crippen LogP contribution is 2.26. The van der Waals surface area contributed by atoms with Gasteiger partial charge in [0.1, 0.15) is 0 Å². The van der Waals surface area contributed by atoms with E-state index in [0.717, 1.165) is 27.0 Å². The molecule has 0 aliphatic carbocycles. The summed E-state index contributed by atoms with van der Waals surface area (Å²) >= 11 is 3.46. The van der Waals surface area contributed by atoms with Crippen molar-refractivity contribution in [3.63, 3.8) is 0 Å². The average Bonchev–Trinajstić information content (AvgIpc) is 2.47. The molecular weight excluding hydrogens is 328 g/mol. The maximum Gasteiger partial charge on any atom is 0.221 e. The fourth-order valence-electron chi connectivity index (χ4n) is 2.06. The van der Waals surface area contributed by atoms with Crippen LogP contribution in [-0.2, 0) is 0 Å². The second-order valence-electron chi connectivity index (χ2n) is 4.63. The van der Waals surface area contributed by atoms with Crippen molar-refractivity contribution >= 4 is 27.6 Å². The fraction of sp³-hybridized carbons (Fsp3) is 0. The van der Waals surface area contributed by atoms with E-state index in [4.69, 9.17) is 11.5 Å². The van der Waals surface area contributed by atoms with Crippen molar-refractivity contribution in [3.05, 3.63) is 59.1 Å². The van der Waals surface area contributed by atoms with Crippen molar-refractivity contribution in [3.8, 4) is 22.5 Å². The summed E-state index contributed by atoms with van der Waals surface area (Å²) in [5.41, 5.74) is 15.8. The van der Waals surface area contributed by atoms with Gasteiger partial charge in [0.15, 0.2) is 0 Å². The van der Waals surface area contributed by atoms with Crippen LogP contribution in [-0.4, -0.2) is 9.97 Å². The summed E-state index contributed by atoms with van der Waals surface area (Å²) in [4.78, 5) is 8.61. The van der Waals surface area contributed by atoms with Gasteiger partial charge in [0.2, 0.25) is 5.95 Å². The number of hydrogen-bond donors (Lipinski definition) is 2. The number of hydrogen-bond acceptors (Lipinski definition) is 4. The lowest BCUT2D eigenvalue weighted by Gasteiger charge is -2.07. The predicted octanol–water partition coefficient (Wildman–Crippen LogP) is 3.74. The number of aromatic nitrogens is 2. The van der Waals surface area contributed by atoms with Gasteiger partial charge in [0.05, 0.1) is 11.4 Å². The molecule has 1 aromatic heterocycles. The molecule has 4 N–H and O–H groups in total. The maximum absolute atomic E-state index is 5.84. The Bertz CT molecular complexity index is 785. The van der Waals surface area contributed by atoms with Crippen molar-refractivity contribution in [1.82, 2.24) is 9.97 Å². The Morgan fingerprint density at radius 1 is 0.762 bits per heavy atom. The minimum Gasteiger partial charge on any atom is -0.399 e. The Balaban J connectivity index is 2.10. The summed E-state index contributed by atoms with van der Waals surface area (Å²) in [6.07, 6.45) is 0. The van der Waals surface area contributed by atoms with Crippen molar-refractivity contribution < 1.29 is 0 Å². The average molecular weight is 341 g/mol. The molecule has 0 aliphatic heterocycles. The van der Waals surface area contributed by atoms with Crippen LogP contribution in [0.1, 0.15) is 0 Å². The van der Waals surface area contributed by atoms with Gasteiger partial charge in [-0.15, -0.1) is 0 Å². The Morgan fingerprint density at radius 3 is 2.10 bits per heavy atom. The van der Waals surface area contributed by atoms with E-state index in [1.807, 2.05) is 54.6 Å². The van der Waals surface area contributed by atoms with Crippen molar-refractivity contribution in [1.29, 1.82) is 0 Å². The van der Waals surface area contributed by atoms with E-state index in [1.54, 1.807) is 0 Å². The molecule has 3 aromatic rings. The summed E-state index contributed by atoms with van der Waals surface area (Å²) in [6, 6.07) is 17.3. The Labute approximate surface area is 131 Å². The molecule has 0 atom stereocenters. The quantitative estimate of drug-likeness (QED) is 0.696. The lowest BCUT2D eigenvalue weighted by atomic mass is 10.1. The Morgan fingerprint density at radius 2 is 1.43 bits per heavy atom. The number of rotatable bonds is 2. The molecule has 0 saturated heterocycles. The first-order valence-corrected chi connectivity index (χ1v) is 7.17. The van der Waals surface area contributed by atoms with Gasteiger partial charge in [-0.2, -0.15) is 0 Å². The van der Waals surface area contributed by atoms with E-state index < -0.39 is 0 Å². The van der Waals surface area contributed by atoms with E-state index in [9.17, 15) is 0 Å². The first-order valence-electron chi connectivity index (χ1n) is 6.38. The number of benzene rings is 2. The molecule has 0 saturated carbocycles. The number of nitrogens with zero attached hydrogens (tertiary/aromatic N) is 2. The molecule has 5 heteroatoms. The molecule has 0 spiro atoms. The van der Waals surface area contributed by atoms with Crippen LogP contribution in [0.3, 0.4) is 0 Å². The molecule has 0 fully saturated rings. The first-order chi connectivity index (χ1) is 10.1. The third-order valence-electron chi connectivity index (χ3n) is 3.07. The van der Waals surface area contributed by atoms with E-state index in [1.165, 1.54) is 0 Å². The number of anilines is 2. The van der Waals surface area contributed by atoms with Crippen molar-refractivity contribution in [2.45, 2.75) is 0 Å². The molecule has 0 aliphatic rings. The normalized spacial score (nSPS) is 10.5. The molecule has 0 radical (unpaired) electrons. The van der Waals surface area contributed by atoms with Gasteiger partial charge < -0.3 is 11.5 Å².